The first-order valence-electron chi connectivity index (χ1n) is 8.13. The fourth-order valence-electron chi connectivity index (χ4n) is 2.16. The molecule has 0 saturated heterocycles. The van der Waals surface area contributed by atoms with E-state index < -0.39 is 0 Å². The summed E-state index contributed by atoms with van der Waals surface area (Å²) in [5.74, 6) is 0.792. The summed E-state index contributed by atoms with van der Waals surface area (Å²) in [7, 11) is 0. The minimum absolute atomic E-state index is 0.781. The van der Waals surface area contributed by atoms with Crippen molar-refractivity contribution in [2.45, 2.75) is 65.8 Å². The first kappa shape index (κ1) is 17.0. The highest BCUT2D eigenvalue weighted by atomic mass is 16.5. The van der Waals surface area contributed by atoms with Gasteiger partial charge in [0.15, 0.2) is 0 Å². The van der Waals surface area contributed by atoms with Gasteiger partial charge >= 0.3 is 0 Å². The summed E-state index contributed by atoms with van der Waals surface area (Å²) in [5, 5.41) is 3.36. The van der Waals surface area contributed by atoms with Crippen LogP contribution in [0.1, 0.15) is 64.1 Å². The quantitative estimate of drug-likeness (QED) is 0.619. The van der Waals surface area contributed by atoms with E-state index in [1.54, 1.807) is 0 Å². The van der Waals surface area contributed by atoms with Gasteiger partial charge in [0.05, 0.1) is 6.61 Å². The minimum Gasteiger partial charge on any atom is -0.478 e. The maximum absolute atomic E-state index is 5.82. The van der Waals surface area contributed by atoms with Gasteiger partial charge < -0.3 is 10.1 Å². The molecule has 1 aromatic heterocycles. The molecule has 1 rings (SSSR count). The Balaban J connectivity index is 2.55. The third kappa shape index (κ3) is 6.90. The number of hydrogen-bond donors (Lipinski definition) is 1. The van der Waals surface area contributed by atoms with E-state index in [9.17, 15) is 0 Å². The zero-order chi connectivity index (χ0) is 14.6. The molecule has 0 spiro atoms. The monoisotopic (exact) mass is 278 g/mol. The van der Waals surface area contributed by atoms with Crippen LogP contribution in [0, 0.1) is 0 Å². The third-order valence-electron chi connectivity index (χ3n) is 3.25. The molecule has 0 radical (unpaired) electrons. The second-order valence-corrected chi connectivity index (χ2v) is 5.24. The molecule has 3 heteroatoms. The van der Waals surface area contributed by atoms with Crippen LogP contribution in [0.25, 0.3) is 0 Å². The van der Waals surface area contributed by atoms with Crippen molar-refractivity contribution in [1.29, 1.82) is 0 Å². The molecule has 0 fully saturated rings. The fraction of sp³-hybridized carbons (Fsp3) is 0.706. The zero-order valence-corrected chi connectivity index (χ0v) is 13.4. The average molecular weight is 278 g/mol. The Kier molecular flexibility index (Phi) is 9.05. The SMILES string of the molecule is CCCCCCOc1cc(CNCC)cc(CCC)n1. The Morgan fingerprint density at radius 1 is 1.05 bits per heavy atom. The number of unbranched alkanes of at least 4 members (excludes halogenated alkanes) is 3. The number of aryl methyl sites for hydroxylation is 1. The molecule has 0 atom stereocenters. The first-order valence-corrected chi connectivity index (χ1v) is 8.13. The van der Waals surface area contributed by atoms with Gasteiger partial charge in [0, 0.05) is 18.3 Å². The van der Waals surface area contributed by atoms with E-state index in [-0.39, 0.29) is 0 Å². The van der Waals surface area contributed by atoms with Gasteiger partial charge in [0.1, 0.15) is 0 Å². The molecule has 114 valence electrons. The Morgan fingerprint density at radius 3 is 2.60 bits per heavy atom. The lowest BCUT2D eigenvalue weighted by molar-refractivity contribution is 0.292. The molecule has 0 saturated carbocycles. The molecule has 0 aliphatic carbocycles. The molecule has 0 amide bonds. The van der Waals surface area contributed by atoms with E-state index >= 15 is 0 Å². The van der Waals surface area contributed by atoms with Gasteiger partial charge in [-0.2, -0.15) is 0 Å². The van der Waals surface area contributed by atoms with Crippen molar-refractivity contribution in [1.82, 2.24) is 10.3 Å². The summed E-state index contributed by atoms with van der Waals surface area (Å²) in [6.07, 6.45) is 7.06. The van der Waals surface area contributed by atoms with Gasteiger partial charge in [-0.25, -0.2) is 4.98 Å². The molecule has 3 nitrogen and oxygen atoms in total. The Labute approximate surface area is 124 Å². The summed E-state index contributed by atoms with van der Waals surface area (Å²) in [5.41, 5.74) is 2.42. The summed E-state index contributed by atoms with van der Waals surface area (Å²) in [6, 6.07) is 4.26. The van der Waals surface area contributed by atoms with Crippen molar-refractivity contribution in [2.24, 2.45) is 0 Å². The predicted octanol–water partition coefficient (Wildman–Crippen LogP) is 4.10. The maximum Gasteiger partial charge on any atom is 0.213 e. The molecule has 0 aliphatic heterocycles. The Morgan fingerprint density at radius 2 is 1.90 bits per heavy atom. The van der Waals surface area contributed by atoms with Crippen molar-refractivity contribution in [3.63, 3.8) is 0 Å². The van der Waals surface area contributed by atoms with E-state index in [1.807, 2.05) is 0 Å². The fourth-order valence-corrected chi connectivity index (χ4v) is 2.16. The van der Waals surface area contributed by atoms with Gasteiger partial charge in [-0.05, 0) is 31.0 Å². The molecular weight excluding hydrogens is 248 g/mol. The number of pyridine rings is 1. The molecule has 1 aromatic rings. The van der Waals surface area contributed by atoms with Crippen molar-refractivity contribution in [2.75, 3.05) is 13.2 Å². The topological polar surface area (TPSA) is 34.1 Å². The lowest BCUT2D eigenvalue weighted by Gasteiger charge is -2.10. The van der Waals surface area contributed by atoms with E-state index in [0.717, 1.165) is 50.5 Å². The Hall–Kier alpha value is -1.09. The molecule has 20 heavy (non-hydrogen) atoms. The van der Waals surface area contributed by atoms with E-state index in [1.165, 1.54) is 24.8 Å². The molecular formula is C17H30N2O. The van der Waals surface area contributed by atoms with Gasteiger partial charge in [-0.3, -0.25) is 0 Å². The first-order chi connectivity index (χ1) is 9.80. The molecule has 0 aromatic carbocycles. The lowest BCUT2D eigenvalue weighted by Crippen LogP contribution is -2.12. The summed E-state index contributed by atoms with van der Waals surface area (Å²) in [6.45, 7) is 9.19. The second-order valence-electron chi connectivity index (χ2n) is 5.24. The van der Waals surface area contributed by atoms with Crippen LogP contribution < -0.4 is 10.1 Å². The third-order valence-corrected chi connectivity index (χ3v) is 3.25. The largest absolute Gasteiger partial charge is 0.478 e. The summed E-state index contributed by atoms with van der Waals surface area (Å²) >= 11 is 0. The second kappa shape index (κ2) is 10.7. The highest BCUT2D eigenvalue weighted by Crippen LogP contribution is 2.15. The van der Waals surface area contributed by atoms with Crippen LogP contribution >= 0.6 is 0 Å². The summed E-state index contributed by atoms with van der Waals surface area (Å²) in [4.78, 5) is 4.60. The molecule has 0 unspecified atom stereocenters. The molecule has 1 N–H and O–H groups in total. The number of ether oxygens (including phenoxy) is 1. The minimum atomic E-state index is 0.781. The average Bonchev–Trinajstić information content (AvgIpc) is 2.45. The van der Waals surface area contributed by atoms with Crippen molar-refractivity contribution in [3.05, 3.63) is 23.4 Å². The van der Waals surface area contributed by atoms with Crippen LogP contribution in [-0.4, -0.2) is 18.1 Å². The normalized spacial score (nSPS) is 10.8. The standard InChI is InChI=1S/C17H30N2O/c1-4-7-8-9-11-20-17-13-15(14-18-6-3)12-16(19-17)10-5-2/h12-13,18H,4-11,14H2,1-3H3. The van der Waals surface area contributed by atoms with Crippen LogP contribution in [-0.2, 0) is 13.0 Å². The van der Waals surface area contributed by atoms with Crippen LogP contribution in [0.4, 0.5) is 0 Å². The number of rotatable bonds is 11. The highest BCUT2D eigenvalue weighted by Gasteiger charge is 2.03. The van der Waals surface area contributed by atoms with Gasteiger partial charge in [-0.1, -0.05) is 46.5 Å². The van der Waals surface area contributed by atoms with Crippen LogP contribution in [0.3, 0.4) is 0 Å². The lowest BCUT2D eigenvalue weighted by atomic mass is 10.1. The van der Waals surface area contributed by atoms with Gasteiger partial charge in [0.2, 0.25) is 5.88 Å². The van der Waals surface area contributed by atoms with Crippen molar-refractivity contribution in [3.8, 4) is 5.88 Å². The molecule has 0 bridgehead atoms. The Bertz CT molecular complexity index is 366. The van der Waals surface area contributed by atoms with E-state index in [0.29, 0.717) is 0 Å². The number of hydrogen-bond acceptors (Lipinski definition) is 3. The molecule has 1 heterocycles. The van der Waals surface area contributed by atoms with Crippen molar-refractivity contribution < 1.29 is 4.74 Å². The smallest absolute Gasteiger partial charge is 0.213 e. The van der Waals surface area contributed by atoms with Gasteiger partial charge in [0.25, 0.3) is 0 Å². The van der Waals surface area contributed by atoms with E-state index in [4.69, 9.17) is 4.74 Å². The van der Waals surface area contributed by atoms with Crippen molar-refractivity contribution >= 4 is 0 Å². The van der Waals surface area contributed by atoms with Gasteiger partial charge in [-0.15, -0.1) is 0 Å². The number of nitrogens with zero attached hydrogens (tertiary/aromatic N) is 1. The highest BCUT2D eigenvalue weighted by molar-refractivity contribution is 5.25. The summed E-state index contributed by atoms with van der Waals surface area (Å²) < 4.78 is 5.82. The van der Waals surface area contributed by atoms with E-state index in [2.05, 4.69) is 43.2 Å². The molecule has 0 aliphatic rings. The van der Waals surface area contributed by atoms with Crippen LogP contribution in [0.5, 0.6) is 5.88 Å². The maximum atomic E-state index is 5.82. The van der Waals surface area contributed by atoms with Crippen LogP contribution in [0.2, 0.25) is 0 Å². The zero-order valence-electron chi connectivity index (χ0n) is 13.4. The number of nitrogens with one attached hydrogen (secondary N) is 1. The number of aromatic nitrogens is 1. The van der Waals surface area contributed by atoms with Crippen LogP contribution in [0.15, 0.2) is 12.1 Å². The predicted molar refractivity (Wildman–Crippen MR) is 85.2 cm³/mol.